The summed E-state index contributed by atoms with van der Waals surface area (Å²) in [6, 6.07) is 1.64. The monoisotopic (exact) mass is 220 g/mol. The van der Waals surface area contributed by atoms with Gasteiger partial charge in [-0.15, -0.1) is 11.3 Å². The standard InChI is InChI=1S/C9H8N4OS/c10-6-3-11-2-1-7(6)13-9(14)8-4-15-5-12-8/h1-5H,10H2,(H,11,13,14). The lowest BCUT2D eigenvalue weighted by Gasteiger charge is -2.04. The molecular weight excluding hydrogens is 212 g/mol. The summed E-state index contributed by atoms with van der Waals surface area (Å²) in [6.07, 6.45) is 3.05. The van der Waals surface area contributed by atoms with Crippen molar-refractivity contribution in [2.24, 2.45) is 0 Å². The minimum Gasteiger partial charge on any atom is -0.396 e. The predicted molar refractivity (Wildman–Crippen MR) is 58.7 cm³/mol. The van der Waals surface area contributed by atoms with E-state index in [2.05, 4.69) is 15.3 Å². The van der Waals surface area contributed by atoms with Crippen molar-refractivity contribution in [1.82, 2.24) is 9.97 Å². The molecule has 0 saturated heterocycles. The average Bonchev–Trinajstić information content (AvgIpc) is 2.74. The molecule has 2 rings (SSSR count). The summed E-state index contributed by atoms with van der Waals surface area (Å²) in [6.45, 7) is 0. The lowest BCUT2D eigenvalue weighted by atomic mass is 10.3. The number of hydrogen-bond acceptors (Lipinski definition) is 5. The number of amides is 1. The van der Waals surface area contributed by atoms with Crippen molar-refractivity contribution in [3.05, 3.63) is 35.0 Å². The lowest BCUT2D eigenvalue weighted by Crippen LogP contribution is -2.13. The van der Waals surface area contributed by atoms with Crippen LogP contribution >= 0.6 is 11.3 Å². The fourth-order valence-corrected chi connectivity index (χ4v) is 1.56. The molecule has 2 aromatic heterocycles. The van der Waals surface area contributed by atoms with Crippen LogP contribution in [0.5, 0.6) is 0 Å². The molecule has 2 aromatic rings. The number of pyridine rings is 1. The largest absolute Gasteiger partial charge is 0.396 e. The summed E-state index contributed by atoms with van der Waals surface area (Å²) in [5.41, 5.74) is 8.59. The van der Waals surface area contributed by atoms with E-state index in [1.807, 2.05) is 0 Å². The molecule has 0 aliphatic heterocycles. The number of carbonyl (C=O) groups is 1. The summed E-state index contributed by atoms with van der Waals surface area (Å²) in [5.74, 6) is -0.269. The van der Waals surface area contributed by atoms with Gasteiger partial charge in [0.05, 0.1) is 23.1 Å². The molecule has 0 aliphatic rings. The van der Waals surface area contributed by atoms with E-state index in [1.54, 1.807) is 23.2 Å². The second kappa shape index (κ2) is 4.05. The molecule has 0 radical (unpaired) electrons. The molecule has 0 fully saturated rings. The molecule has 5 nitrogen and oxygen atoms in total. The second-order valence-electron chi connectivity index (χ2n) is 2.79. The zero-order chi connectivity index (χ0) is 10.7. The maximum absolute atomic E-state index is 11.6. The number of anilines is 2. The van der Waals surface area contributed by atoms with Gasteiger partial charge in [0.2, 0.25) is 0 Å². The minimum absolute atomic E-state index is 0.269. The number of nitrogen functional groups attached to an aromatic ring is 1. The van der Waals surface area contributed by atoms with Crippen LogP contribution in [0.15, 0.2) is 29.4 Å². The Labute approximate surface area is 90.0 Å². The molecule has 0 unspecified atom stereocenters. The number of hydrogen-bond donors (Lipinski definition) is 2. The Morgan fingerprint density at radius 3 is 3.07 bits per heavy atom. The van der Waals surface area contributed by atoms with Gasteiger partial charge in [0.1, 0.15) is 5.69 Å². The van der Waals surface area contributed by atoms with Gasteiger partial charge < -0.3 is 11.1 Å². The summed E-state index contributed by atoms with van der Waals surface area (Å²) >= 11 is 1.37. The highest BCUT2D eigenvalue weighted by molar-refractivity contribution is 7.07. The molecule has 0 atom stereocenters. The van der Waals surface area contributed by atoms with Crippen molar-refractivity contribution in [3.63, 3.8) is 0 Å². The van der Waals surface area contributed by atoms with Crippen molar-refractivity contribution in [3.8, 4) is 0 Å². The maximum atomic E-state index is 11.6. The number of nitrogens with two attached hydrogens (primary N) is 1. The highest BCUT2D eigenvalue weighted by Gasteiger charge is 2.08. The first-order valence-electron chi connectivity index (χ1n) is 4.16. The molecule has 6 heteroatoms. The highest BCUT2D eigenvalue weighted by atomic mass is 32.1. The topological polar surface area (TPSA) is 80.9 Å². The number of rotatable bonds is 2. The molecule has 3 N–H and O–H groups in total. The van der Waals surface area contributed by atoms with E-state index in [9.17, 15) is 4.79 Å². The van der Waals surface area contributed by atoms with Crippen LogP contribution in [-0.4, -0.2) is 15.9 Å². The Balaban J connectivity index is 2.17. The fraction of sp³-hybridized carbons (Fsp3) is 0. The van der Waals surface area contributed by atoms with Crippen LogP contribution in [0.1, 0.15) is 10.5 Å². The van der Waals surface area contributed by atoms with Crippen molar-refractivity contribution < 1.29 is 4.79 Å². The quantitative estimate of drug-likeness (QED) is 0.801. The van der Waals surface area contributed by atoms with Crippen LogP contribution in [0, 0.1) is 0 Å². The molecule has 0 bridgehead atoms. The van der Waals surface area contributed by atoms with Gasteiger partial charge in [-0.25, -0.2) is 4.98 Å². The Morgan fingerprint density at radius 2 is 2.40 bits per heavy atom. The molecule has 15 heavy (non-hydrogen) atoms. The first kappa shape index (κ1) is 9.60. The summed E-state index contributed by atoms with van der Waals surface area (Å²) in [5, 5.41) is 4.33. The molecule has 1 amide bonds. The third-order valence-electron chi connectivity index (χ3n) is 1.77. The van der Waals surface area contributed by atoms with Crippen LogP contribution in [0.25, 0.3) is 0 Å². The van der Waals surface area contributed by atoms with Crippen molar-refractivity contribution in [2.45, 2.75) is 0 Å². The van der Waals surface area contributed by atoms with Gasteiger partial charge in [-0.3, -0.25) is 9.78 Å². The van der Waals surface area contributed by atoms with Crippen LogP contribution in [0.3, 0.4) is 0 Å². The lowest BCUT2D eigenvalue weighted by molar-refractivity contribution is 0.102. The number of nitrogens with zero attached hydrogens (tertiary/aromatic N) is 2. The molecule has 76 valence electrons. The van der Waals surface area contributed by atoms with E-state index in [4.69, 9.17) is 5.73 Å². The van der Waals surface area contributed by atoms with Gasteiger partial charge in [0.15, 0.2) is 0 Å². The molecule has 0 aromatic carbocycles. The van der Waals surface area contributed by atoms with E-state index in [1.165, 1.54) is 17.5 Å². The summed E-state index contributed by atoms with van der Waals surface area (Å²) in [4.78, 5) is 19.3. The molecule has 0 spiro atoms. The van der Waals surface area contributed by atoms with Crippen molar-refractivity contribution >= 4 is 28.6 Å². The van der Waals surface area contributed by atoms with Crippen molar-refractivity contribution in [2.75, 3.05) is 11.1 Å². The Morgan fingerprint density at radius 1 is 1.53 bits per heavy atom. The molecule has 2 heterocycles. The number of nitrogens with one attached hydrogen (secondary N) is 1. The molecule has 0 saturated carbocycles. The van der Waals surface area contributed by atoms with E-state index in [0.717, 1.165) is 0 Å². The average molecular weight is 220 g/mol. The normalized spacial score (nSPS) is 9.87. The van der Waals surface area contributed by atoms with Gasteiger partial charge in [-0.05, 0) is 6.07 Å². The van der Waals surface area contributed by atoms with Gasteiger partial charge in [0, 0.05) is 11.6 Å². The summed E-state index contributed by atoms with van der Waals surface area (Å²) in [7, 11) is 0. The maximum Gasteiger partial charge on any atom is 0.275 e. The highest BCUT2D eigenvalue weighted by Crippen LogP contribution is 2.16. The van der Waals surface area contributed by atoms with Crippen molar-refractivity contribution in [1.29, 1.82) is 0 Å². The predicted octanol–water partition coefficient (Wildman–Crippen LogP) is 1.37. The molecule has 0 aliphatic carbocycles. The first-order chi connectivity index (χ1) is 7.27. The minimum atomic E-state index is -0.269. The van der Waals surface area contributed by atoms with E-state index in [0.29, 0.717) is 17.1 Å². The zero-order valence-electron chi connectivity index (χ0n) is 7.68. The van der Waals surface area contributed by atoms with Gasteiger partial charge in [-0.1, -0.05) is 0 Å². The van der Waals surface area contributed by atoms with Crippen LogP contribution in [0.4, 0.5) is 11.4 Å². The van der Waals surface area contributed by atoms with Gasteiger partial charge in [0.25, 0.3) is 5.91 Å². The van der Waals surface area contributed by atoms with Gasteiger partial charge >= 0.3 is 0 Å². The smallest absolute Gasteiger partial charge is 0.275 e. The third kappa shape index (κ3) is 2.10. The zero-order valence-corrected chi connectivity index (χ0v) is 8.49. The number of thiazole rings is 1. The Kier molecular flexibility index (Phi) is 2.59. The van der Waals surface area contributed by atoms with Crippen LogP contribution in [-0.2, 0) is 0 Å². The van der Waals surface area contributed by atoms with Crippen LogP contribution in [0.2, 0.25) is 0 Å². The second-order valence-corrected chi connectivity index (χ2v) is 3.51. The Bertz CT molecular complexity index is 469. The summed E-state index contributed by atoms with van der Waals surface area (Å²) < 4.78 is 0. The number of aromatic nitrogens is 2. The SMILES string of the molecule is Nc1cnccc1NC(=O)c1cscn1. The fourth-order valence-electron chi connectivity index (χ4n) is 1.03. The first-order valence-corrected chi connectivity index (χ1v) is 5.10. The van der Waals surface area contributed by atoms with Gasteiger partial charge in [-0.2, -0.15) is 0 Å². The van der Waals surface area contributed by atoms with E-state index >= 15 is 0 Å². The number of carbonyl (C=O) groups excluding carboxylic acids is 1. The Hall–Kier alpha value is -1.95. The van der Waals surface area contributed by atoms with E-state index < -0.39 is 0 Å². The third-order valence-corrected chi connectivity index (χ3v) is 2.35. The molecular formula is C9H8N4OS. The van der Waals surface area contributed by atoms with Crippen LogP contribution < -0.4 is 11.1 Å². The van der Waals surface area contributed by atoms with E-state index in [-0.39, 0.29) is 5.91 Å².